The molecule has 0 saturated carbocycles. The number of nitrogens with zero attached hydrogens (tertiary/aromatic N) is 3. The fraction of sp³-hybridized carbons (Fsp3) is 0.0588. The van der Waals surface area contributed by atoms with Gasteiger partial charge in [0.1, 0.15) is 0 Å². The minimum Gasteiger partial charge on any atom is -0.268 e. The quantitative estimate of drug-likeness (QED) is 0.507. The lowest BCUT2D eigenvalue weighted by Crippen LogP contribution is -2.22. The lowest BCUT2D eigenvalue weighted by atomic mass is 10.1. The van der Waals surface area contributed by atoms with Crippen LogP contribution in [0.15, 0.2) is 69.9 Å². The Bertz CT molecular complexity index is 935. The van der Waals surface area contributed by atoms with E-state index in [4.69, 9.17) is 0 Å². The molecule has 0 amide bonds. The Labute approximate surface area is 145 Å². The third kappa shape index (κ3) is 3.57. The molecule has 0 aliphatic heterocycles. The molecule has 0 N–H and O–H groups in total. The number of hydrogen-bond acceptors (Lipinski definition) is 4. The van der Waals surface area contributed by atoms with Gasteiger partial charge >= 0.3 is 0 Å². The highest BCUT2D eigenvalue weighted by Gasteiger charge is 2.07. The van der Waals surface area contributed by atoms with Crippen LogP contribution in [-0.4, -0.2) is 14.7 Å². The molecule has 3 aromatic rings. The van der Waals surface area contributed by atoms with Crippen molar-refractivity contribution >= 4 is 21.6 Å². The highest BCUT2D eigenvalue weighted by Crippen LogP contribution is 2.19. The minimum atomic E-state index is -0.456. The summed E-state index contributed by atoms with van der Waals surface area (Å²) >= 11 is 3.38. The summed E-state index contributed by atoms with van der Waals surface area (Å²) in [5, 5.41) is 15.1. The molecule has 6 nitrogen and oxygen atoms in total. The number of benzene rings is 2. The van der Waals surface area contributed by atoms with Crippen molar-refractivity contribution in [1.82, 2.24) is 9.78 Å². The molecule has 0 aliphatic carbocycles. The Morgan fingerprint density at radius 3 is 2.29 bits per heavy atom. The molecule has 1 heterocycles. The van der Waals surface area contributed by atoms with Gasteiger partial charge in [0.2, 0.25) is 0 Å². The Morgan fingerprint density at radius 1 is 1.00 bits per heavy atom. The van der Waals surface area contributed by atoms with Crippen LogP contribution in [0.25, 0.3) is 11.3 Å². The molecular weight excluding hydrogens is 374 g/mol. The van der Waals surface area contributed by atoms with Gasteiger partial charge in [-0.1, -0.05) is 40.2 Å². The summed E-state index contributed by atoms with van der Waals surface area (Å²) in [7, 11) is 0. The standard InChI is InChI=1S/C17H12BrN3O3/c18-14-5-3-13(4-6-14)16-9-10-17(22)20(19-16)11-12-1-7-15(8-2-12)21(23)24/h1-10H,11H2. The van der Waals surface area contributed by atoms with Gasteiger partial charge in [-0.15, -0.1) is 0 Å². The van der Waals surface area contributed by atoms with Crippen LogP contribution in [0.4, 0.5) is 5.69 Å². The summed E-state index contributed by atoms with van der Waals surface area (Å²) in [5.74, 6) is 0. The zero-order chi connectivity index (χ0) is 17.1. The lowest BCUT2D eigenvalue weighted by Gasteiger charge is -2.07. The van der Waals surface area contributed by atoms with Crippen molar-refractivity contribution in [2.45, 2.75) is 6.54 Å². The first-order valence-corrected chi connectivity index (χ1v) is 7.90. The summed E-state index contributed by atoms with van der Waals surface area (Å²) in [6.45, 7) is 0.251. The van der Waals surface area contributed by atoms with E-state index < -0.39 is 4.92 Å². The van der Waals surface area contributed by atoms with Crippen LogP contribution in [0, 0.1) is 10.1 Å². The number of nitro benzene ring substituents is 1. The number of aromatic nitrogens is 2. The topological polar surface area (TPSA) is 78.0 Å². The number of nitro groups is 1. The second kappa shape index (κ2) is 6.76. The number of hydrogen-bond donors (Lipinski definition) is 0. The fourth-order valence-corrected chi connectivity index (χ4v) is 2.50. The van der Waals surface area contributed by atoms with E-state index in [1.165, 1.54) is 22.9 Å². The zero-order valence-electron chi connectivity index (χ0n) is 12.4. The SMILES string of the molecule is O=c1ccc(-c2ccc(Br)cc2)nn1Cc1ccc([N+](=O)[O-])cc1. The van der Waals surface area contributed by atoms with Gasteiger partial charge in [0.05, 0.1) is 17.2 Å². The molecule has 0 spiro atoms. The first kappa shape index (κ1) is 16.1. The Kier molecular flexibility index (Phi) is 4.52. The van der Waals surface area contributed by atoms with Crippen LogP contribution in [0.3, 0.4) is 0 Å². The van der Waals surface area contributed by atoms with Crippen LogP contribution < -0.4 is 5.56 Å². The smallest absolute Gasteiger partial charge is 0.268 e. The third-order valence-corrected chi connectivity index (χ3v) is 4.01. The van der Waals surface area contributed by atoms with E-state index >= 15 is 0 Å². The molecule has 7 heteroatoms. The highest BCUT2D eigenvalue weighted by molar-refractivity contribution is 9.10. The van der Waals surface area contributed by atoms with Crippen LogP contribution in [0.5, 0.6) is 0 Å². The van der Waals surface area contributed by atoms with E-state index in [0.717, 1.165) is 15.6 Å². The molecule has 0 bridgehead atoms. The van der Waals surface area contributed by atoms with Gasteiger partial charge in [-0.25, -0.2) is 4.68 Å². The number of rotatable bonds is 4. The van der Waals surface area contributed by atoms with E-state index in [2.05, 4.69) is 21.0 Å². The average molecular weight is 386 g/mol. The molecule has 120 valence electrons. The Morgan fingerprint density at radius 2 is 1.67 bits per heavy atom. The number of non-ortho nitro benzene ring substituents is 1. The van der Waals surface area contributed by atoms with E-state index in [1.54, 1.807) is 18.2 Å². The maximum absolute atomic E-state index is 12.0. The molecule has 0 unspecified atom stereocenters. The predicted octanol–water partition coefficient (Wildman–Crippen LogP) is 3.63. The van der Waals surface area contributed by atoms with Gasteiger partial charge in [-0.3, -0.25) is 14.9 Å². The van der Waals surface area contributed by atoms with Gasteiger partial charge in [-0.05, 0) is 23.8 Å². The maximum atomic E-state index is 12.0. The lowest BCUT2D eigenvalue weighted by molar-refractivity contribution is -0.384. The molecule has 0 saturated heterocycles. The second-order valence-electron chi connectivity index (χ2n) is 5.14. The summed E-state index contributed by atoms with van der Waals surface area (Å²) in [6, 6.07) is 16.9. The Balaban J connectivity index is 1.90. The van der Waals surface area contributed by atoms with E-state index in [1.807, 2.05) is 24.3 Å². The van der Waals surface area contributed by atoms with Crippen molar-refractivity contribution in [3.63, 3.8) is 0 Å². The molecule has 0 atom stereocenters. The van der Waals surface area contributed by atoms with Crippen molar-refractivity contribution in [3.8, 4) is 11.3 Å². The van der Waals surface area contributed by atoms with Gasteiger partial charge in [0, 0.05) is 28.2 Å². The van der Waals surface area contributed by atoms with Crippen molar-refractivity contribution in [2.24, 2.45) is 0 Å². The largest absolute Gasteiger partial charge is 0.269 e. The summed E-state index contributed by atoms with van der Waals surface area (Å²) in [4.78, 5) is 22.2. The van der Waals surface area contributed by atoms with E-state index in [9.17, 15) is 14.9 Å². The molecule has 1 aromatic heterocycles. The molecule has 24 heavy (non-hydrogen) atoms. The fourth-order valence-electron chi connectivity index (χ4n) is 2.23. The summed E-state index contributed by atoms with van der Waals surface area (Å²) in [6.07, 6.45) is 0. The normalized spacial score (nSPS) is 10.5. The van der Waals surface area contributed by atoms with Gasteiger partial charge in [0.25, 0.3) is 11.2 Å². The molecule has 0 fully saturated rings. The van der Waals surface area contributed by atoms with Crippen molar-refractivity contribution in [1.29, 1.82) is 0 Å². The predicted molar refractivity (Wildman–Crippen MR) is 93.8 cm³/mol. The van der Waals surface area contributed by atoms with Crippen LogP contribution in [0.2, 0.25) is 0 Å². The summed E-state index contributed by atoms with van der Waals surface area (Å²) < 4.78 is 2.31. The first-order valence-electron chi connectivity index (χ1n) is 7.10. The molecule has 2 aromatic carbocycles. The molecule has 3 rings (SSSR count). The van der Waals surface area contributed by atoms with Crippen LogP contribution in [-0.2, 0) is 6.54 Å². The van der Waals surface area contributed by atoms with Crippen molar-refractivity contribution in [2.75, 3.05) is 0 Å². The van der Waals surface area contributed by atoms with Crippen molar-refractivity contribution in [3.05, 3.63) is 91.2 Å². The molecule has 0 radical (unpaired) electrons. The van der Waals surface area contributed by atoms with Crippen LogP contribution >= 0.6 is 15.9 Å². The van der Waals surface area contributed by atoms with Gasteiger partial charge < -0.3 is 0 Å². The second-order valence-corrected chi connectivity index (χ2v) is 6.06. The maximum Gasteiger partial charge on any atom is 0.269 e. The zero-order valence-corrected chi connectivity index (χ0v) is 14.0. The Hall–Kier alpha value is -2.80. The van der Waals surface area contributed by atoms with Gasteiger partial charge in [-0.2, -0.15) is 5.10 Å². The van der Waals surface area contributed by atoms with E-state index in [-0.39, 0.29) is 17.8 Å². The third-order valence-electron chi connectivity index (χ3n) is 3.49. The van der Waals surface area contributed by atoms with Crippen molar-refractivity contribution < 1.29 is 4.92 Å². The van der Waals surface area contributed by atoms with E-state index in [0.29, 0.717) is 5.69 Å². The number of halogens is 1. The average Bonchev–Trinajstić information content (AvgIpc) is 2.58. The highest BCUT2D eigenvalue weighted by atomic mass is 79.9. The first-order chi connectivity index (χ1) is 11.5. The monoisotopic (exact) mass is 385 g/mol. The van der Waals surface area contributed by atoms with Gasteiger partial charge in [0.15, 0.2) is 0 Å². The minimum absolute atomic E-state index is 0.0164. The summed E-state index contributed by atoms with van der Waals surface area (Å²) in [5.41, 5.74) is 2.14. The molecule has 0 aliphatic rings. The van der Waals surface area contributed by atoms with Crippen LogP contribution in [0.1, 0.15) is 5.56 Å². The molecular formula is C17H12BrN3O3.